The van der Waals surface area contributed by atoms with Gasteiger partial charge in [-0.15, -0.1) is 0 Å². The molecule has 36 heavy (non-hydrogen) atoms. The van der Waals surface area contributed by atoms with Crippen LogP contribution in [0.4, 0.5) is 4.79 Å². The zero-order valence-corrected chi connectivity index (χ0v) is 21.3. The summed E-state index contributed by atoms with van der Waals surface area (Å²) in [5.74, 6) is -0.319. The Balaban J connectivity index is 1.44. The predicted octanol–water partition coefficient (Wildman–Crippen LogP) is 5.13. The number of aryl methyl sites for hydroxylation is 1. The number of thioether (sulfide) groups is 1. The van der Waals surface area contributed by atoms with Crippen LogP contribution in [0.15, 0.2) is 82.6 Å². The van der Waals surface area contributed by atoms with Gasteiger partial charge in [-0.2, -0.15) is 0 Å². The van der Waals surface area contributed by atoms with E-state index in [-0.39, 0.29) is 22.6 Å². The fourth-order valence-corrected chi connectivity index (χ4v) is 5.84. The number of aromatic nitrogens is 1. The van der Waals surface area contributed by atoms with Crippen molar-refractivity contribution in [3.63, 3.8) is 0 Å². The smallest absolute Gasteiger partial charge is 0.293 e. The topological polar surface area (TPSA) is 102 Å². The Morgan fingerprint density at radius 3 is 2.36 bits per heavy atom. The normalized spacial score (nSPS) is 15.4. The second-order valence-corrected chi connectivity index (χ2v) is 11.2. The number of hydrogen-bond acceptors (Lipinski definition) is 5. The highest BCUT2D eigenvalue weighted by Gasteiger charge is 2.35. The van der Waals surface area contributed by atoms with Crippen molar-refractivity contribution in [2.45, 2.75) is 25.3 Å². The van der Waals surface area contributed by atoms with Crippen molar-refractivity contribution in [3.8, 4) is 5.69 Å². The van der Waals surface area contributed by atoms with Gasteiger partial charge in [0.15, 0.2) is 0 Å². The molecule has 0 radical (unpaired) electrons. The summed E-state index contributed by atoms with van der Waals surface area (Å²) >= 11 is 0.934. The van der Waals surface area contributed by atoms with E-state index in [9.17, 15) is 18.0 Å². The van der Waals surface area contributed by atoms with Gasteiger partial charge in [0.2, 0.25) is 10.0 Å². The minimum Gasteiger partial charge on any atom is -0.318 e. The Bertz CT molecular complexity index is 1660. The van der Waals surface area contributed by atoms with Crippen LogP contribution in [0.2, 0.25) is 0 Å². The molecule has 0 aliphatic carbocycles. The minimum absolute atomic E-state index is 0.0359. The van der Waals surface area contributed by atoms with Gasteiger partial charge < -0.3 is 4.57 Å². The Morgan fingerprint density at radius 1 is 0.944 bits per heavy atom. The van der Waals surface area contributed by atoms with E-state index in [0.717, 1.165) is 50.7 Å². The molecule has 0 bridgehead atoms. The number of fused-ring (bicyclic) bond motifs is 1. The number of carbonyl (C=O) groups excluding carboxylic acids is 2. The molecule has 1 fully saturated rings. The lowest BCUT2D eigenvalue weighted by Crippen LogP contribution is -2.27. The number of sulfonamides is 1. The number of primary sulfonamides is 1. The molecule has 182 valence electrons. The summed E-state index contributed by atoms with van der Waals surface area (Å²) in [6.07, 6.45) is 1.74. The van der Waals surface area contributed by atoms with Crippen LogP contribution in [-0.4, -0.2) is 29.0 Å². The molecule has 2 amide bonds. The number of carbonyl (C=O) groups is 2. The van der Waals surface area contributed by atoms with Gasteiger partial charge in [0.1, 0.15) is 0 Å². The molecule has 1 saturated heterocycles. The van der Waals surface area contributed by atoms with Crippen molar-refractivity contribution >= 4 is 49.8 Å². The largest absolute Gasteiger partial charge is 0.318 e. The number of hydrogen-bond donors (Lipinski definition) is 1. The first-order valence-electron chi connectivity index (χ1n) is 11.2. The standard InChI is InChI=1S/C27H23N3O4S2/c1-17-14-21(18(2)30(17)22-10-12-23(13-11-22)36(28,33)34)15-25-26(31)29(27(32)35-25)16-20-8-5-7-19-6-3-4-9-24(19)20/h3-15H,16H2,1-2H3,(H2,28,33,34)/b25-15+. The fraction of sp³-hybridized carbons (Fsp3) is 0.111. The maximum atomic E-state index is 13.2. The zero-order valence-electron chi connectivity index (χ0n) is 19.6. The van der Waals surface area contributed by atoms with Gasteiger partial charge in [-0.05, 0) is 83.9 Å². The van der Waals surface area contributed by atoms with Crippen molar-refractivity contribution in [3.05, 3.63) is 100 Å². The third-order valence-corrected chi connectivity index (χ3v) is 8.10. The van der Waals surface area contributed by atoms with Gasteiger partial charge in [-0.25, -0.2) is 13.6 Å². The molecule has 5 rings (SSSR count). The van der Waals surface area contributed by atoms with Crippen LogP contribution in [0.5, 0.6) is 0 Å². The van der Waals surface area contributed by atoms with Gasteiger partial charge in [0.25, 0.3) is 11.1 Å². The molecule has 1 aliphatic rings. The summed E-state index contributed by atoms with van der Waals surface area (Å²) in [4.78, 5) is 27.7. The number of nitrogens with zero attached hydrogens (tertiary/aromatic N) is 2. The van der Waals surface area contributed by atoms with Gasteiger partial charge >= 0.3 is 0 Å². The van der Waals surface area contributed by atoms with Crippen LogP contribution in [0.1, 0.15) is 22.5 Å². The summed E-state index contributed by atoms with van der Waals surface area (Å²) in [6, 6.07) is 22.0. The molecule has 0 spiro atoms. The highest BCUT2D eigenvalue weighted by Crippen LogP contribution is 2.35. The van der Waals surface area contributed by atoms with E-state index in [2.05, 4.69) is 0 Å². The first kappa shape index (κ1) is 24.1. The van der Waals surface area contributed by atoms with E-state index >= 15 is 0 Å². The Labute approximate surface area is 213 Å². The number of nitrogens with two attached hydrogens (primary N) is 1. The predicted molar refractivity (Wildman–Crippen MR) is 142 cm³/mol. The van der Waals surface area contributed by atoms with Crippen LogP contribution >= 0.6 is 11.8 Å². The fourth-order valence-electron chi connectivity index (χ4n) is 4.49. The van der Waals surface area contributed by atoms with Crippen LogP contribution in [0.25, 0.3) is 22.5 Å². The molecule has 9 heteroatoms. The molecule has 1 aliphatic heterocycles. The third kappa shape index (κ3) is 4.37. The quantitative estimate of drug-likeness (QED) is 0.370. The van der Waals surface area contributed by atoms with E-state index in [4.69, 9.17) is 5.14 Å². The summed E-state index contributed by atoms with van der Waals surface area (Å²) < 4.78 is 25.1. The molecule has 0 atom stereocenters. The minimum atomic E-state index is -3.78. The van der Waals surface area contributed by atoms with Crippen molar-refractivity contribution < 1.29 is 18.0 Å². The molecule has 1 aromatic heterocycles. The van der Waals surface area contributed by atoms with Gasteiger partial charge in [0.05, 0.1) is 16.3 Å². The van der Waals surface area contributed by atoms with Crippen molar-refractivity contribution in [2.75, 3.05) is 0 Å². The van der Waals surface area contributed by atoms with Crippen LogP contribution < -0.4 is 5.14 Å². The third-order valence-electron chi connectivity index (χ3n) is 6.26. The number of imide groups is 1. The van der Waals surface area contributed by atoms with E-state index in [1.165, 1.54) is 17.0 Å². The maximum Gasteiger partial charge on any atom is 0.293 e. The lowest BCUT2D eigenvalue weighted by Gasteiger charge is -2.14. The number of benzene rings is 3. The first-order valence-corrected chi connectivity index (χ1v) is 13.5. The van der Waals surface area contributed by atoms with E-state index < -0.39 is 10.0 Å². The lowest BCUT2D eigenvalue weighted by atomic mass is 10.0. The average molecular weight is 518 g/mol. The van der Waals surface area contributed by atoms with E-state index in [1.54, 1.807) is 18.2 Å². The molecular weight excluding hydrogens is 494 g/mol. The van der Waals surface area contributed by atoms with Gasteiger partial charge in [0, 0.05) is 17.1 Å². The molecule has 2 heterocycles. The van der Waals surface area contributed by atoms with Crippen LogP contribution in [0.3, 0.4) is 0 Å². The molecule has 4 aromatic rings. The number of rotatable bonds is 5. The van der Waals surface area contributed by atoms with Crippen molar-refractivity contribution in [2.24, 2.45) is 5.14 Å². The highest BCUT2D eigenvalue weighted by molar-refractivity contribution is 8.18. The van der Waals surface area contributed by atoms with E-state index in [1.807, 2.05) is 66.9 Å². The summed E-state index contributed by atoms with van der Waals surface area (Å²) in [5, 5.41) is 6.98. The second kappa shape index (κ2) is 9.09. The lowest BCUT2D eigenvalue weighted by molar-refractivity contribution is -0.123. The highest BCUT2D eigenvalue weighted by atomic mass is 32.2. The summed E-state index contributed by atoms with van der Waals surface area (Å²) in [7, 11) is -3.78. The van der Waals surface area contributed by atoms with E-state index in [0.29, 0.717) is 4.91 Å². The Kier molecular flexibility index (Phi) is 6.07. The van der Waals surface area contributed by atoms with Crippen LogP contribution in [-0.2, 0) is 21.4 Å². The molecular formula is C27H23N3O4S2. The average Bonchev–Trinajstić information content (AvgIpc) is 3.27. The maximum absolute atomic E-state index is 13.2. The number of amides is 2. The van der Waals surface area contributed by atoms with Crippen LogP contribution in [0, 0.1) is 13.8 Å². The molecule has 7 nitrogen and oxygen atoms in total. The SMILES string of the molecule is Cc1cc(/C=C2/SC(=O)N(Cc3cccc4ccccc34)C2=O)c(C)n1-c1ccc(S(N)(=O)=O)cc1. The van der Waals surface area contributed by atoms with Gasteiger partial charge in [-0.1, -0.05) is 42.5 Å². The monoisotopic (exact) mass is 517 g/mol. The summed E-state index contributed by atoms with van der Waals surface area (Å²) in [6.45, 7) is 4.04. The first-order chi connectivity index (χ1) is 17.1. The Hall–Kier alpha value is -3.66. The summed E-state index contributed by atoms with van der Waals surface area (Å²) in [5.41, 5.74) is 4.24. The Morgan fingerprint density at radius 2 is 1.64 bits per heavy atom. The molecule has 0 saturated carbocycles. The molecule has 3 aromatic carbocycles. The van der Waals surface area contributed by atoms with Crippen molar-refractivity contribution in [1.82, 2.24) is 9.47 Å². The van der Waals surface area contributed by atoms with Gasteiger partial charge in [-0.3, -0.25) is 14.5 Å². The van der Waals surface area contributed by atoms with Crippen molar-refractivity contribution in [1.29, 1.82) is 0 Å². The second-order valence-electron chi connectivity index (χ2n) is 8.61. The molecule has 2 N–H and O–H groups in total. The zero-order chi connectivity index (χ0) is 25.6. The molecule has 0 unspecified atom stereocenters.